The van der Waals surface area contributed by atoms with Crippen molar-refractivity contribution in [2.45, 2.75) is 32.4 Å². The van der Waals surface area contributed by atoms with Crippen molar-refractivity contribution in [3.63, 3.8) is 0 Å². The Balaban J connectivity index is 1.56. The lowest BCUT2D eigenvalue weighted by Gasteiger charge is -2.15. The molecular formula is C22H26N4OSi. The molecule has 6 heteroatoms. The van der Waals surface area contributed by atoms with E-state index in [2.05, 4.69) is 52.8 Å². The van der Waals surface area contributed by atoms with Crippen LogP contribution in [-0.2, 0) is 11.5 Å². The minimum Gasteiger partial charge on any atom is -0.361 e. The van der Waals surface area contributed by atoms with E-state index < -0.39 is 8.07 Å². The Morgan fingerprint density at radius 1 is 1.04 bits per heavy atom. The first kappa shape index (κ1) is 18.7. The van der Waals surface area contributed by atoms with Crippen LogP contribution in [0.5, 0.6) is 0 Å². The van der Waals surface area contributed by atoms with Crippen LogP contribution in [0.15, 0.2) is 67.3 Å². The number of aromatic nitrogens is 4. The van der Waals surface area contributed by atoms with E-state index in [1.165, 1.54) is 6.04 Å². The van der Waals surface area contributed by atoms with Gasteiger partial charge >= 0.3 is 0 Å². The number of hydrogen-bond acceptors (Lipinski definition) is 3. The molecule has 3 aromatic heterocycles. The van der Waals surface area contributed by atoms with Crippen LogP contribution >= 0.6 is 0 Å². The molecule has 0 unspecified atom stereocenters. The summed E-state index contributed by atoms with van der Waals surface area (Å²) in [5.41, 5.74) is 4.20. The van der Waals surface area contributed by atoms with Gasteiger partial charge in [-0.3, -0.25) is 0 Å². The molecule has 0 atom stereocenters. The summed E-state index contributed by atoms with van der Waals surface area (Å²) in [5.74, 6) is 0. The molecule has 0 N–H and O–H groups in total. The van der Waals surface area contributed by atoms with Crippen molar-refractivity contribution in [3.8, 4) is 16.8 Å². The third kappa shape index (κ3) is 4.08. The minimum absolute atomic E-state index is 0.535. The van der Waals surface area contributed by atoms with Gasteiger partial charge in [-0.15, -0.1) is 0 Å². The lowest BCUT2D eigenvalue weighted by molar-refractivity contribution is 0.0899. The van der Waals surface area contributed by atoms with Crippen molar-refractivity contribution < 1.29 is 4.74 Å². The molecule has 4 aromatic rings. The highest BCUT2D eigenvalue weighted by atomic mass is 28.3. The van der Waals surface area contributed by atoms with E-state index in [4.69, 9.17) is 4.74 Å². The third-order valence-electron chi connectivity index (χ3n) is 4.80. The van der Waals surface area contributed by atoms with Gasteiger partial charge in [-0.1, -0.05) is 37.8 Å². The fraction of sp³-hybridized carbons (Fsp3) is 0.273. The Hall–Kier alpha value is -2.70. The Kier molecular flexibility index (Phi) is 5.15. The maximum Gasteiger partial charge on any atom is 0.142 e. The van der Waals surface area contributed by atoms with Gasteiger partial charge in [0.1, 0.15) is 12.4 Å². The zero-order valence-corrected chi connectivity index (χ0v) is 17.7. The van der Waals surface area contributed by atoms with E-state index in [0.717, 1.165) is 34.5 Å². The molecule has 0 saturated carbocycles. The van der Waals surface area contributed by atoms with Crippen LogP contribution in [0.1, 0.15) is 0 Å². The van der Waals surface area contributed by atoms with Crippen molar-refractivity contribution in [2.24, 2.45) is 0 Å². The first-order valence-corrected chi connectivity index (χ1v) is 13.3. The topological polar surface area (TPSA) is 44.9 Å². The highest BCUT2D eigenvalue weighted by Crippen LogP contribution is 2.28. The van der Waals surface area contributed by atoms with Gasteiger partial charge in [0, 0.05) is 44.2 Å². The smallest absolute Gasteiger partial charge is 0.142 e. The number of rotatable bonds is 7. The Morgan fingerprint density at radius 2 is 1.86 bits per heavy atom. The second kappa shape index (κ2) is 7.73. The maximum absolute atomic E-state index is 5.91. The average molecular weight is 391 g/mol. The van der Waals surface area contributed by atoms with Crippen LogP contribution in [0, 0.1) is 0 Å². The molecule has 3 heterocycles. The number of benzene rings is 1. The van der Waals surface area contributed by atoms with Gasteiger partial charge in [0.2, 0.25) is 0 Å². The highest BCUT2D eigenvalue weighted by Gasteiger charge is 2.13. The zero-order chi connectivity index (χ0) is 19.6. The fourth-order valence-electron chi connectivity index (χ4n) is 3.17. The summed E-state index contributed by atoms with van der Waals surface area (Å²) in [6, 6.07) is 15.5. The largest absolute Gasteiger partial charge is 0.361 e. The van der Waals surface area contributed by atoms with Crippen molar-refractivity contribution in [1.82, 2.24) is 19.3 Å². The fourth-order valence-corrected chi connectivity index (χ4v) is 3.93. The molecule has 5 nitrogen and oxygen atoms in total. The standard InChI is InChI=1S/C22H26N4OSi/c1-28(2,3)14-13-27-17-25-12-10-21-20(9-11-23-22(21)25)18-15-24-26(16-18)19-7-5-4-6-8-19/h4-12,15-16H,13-14,17H2,1-3H3. The normalized spacial score (nSPS) is 12.0. The van der Waals surface area contributed by atoms with Crippen molar-refractivity contribution in [3.05, 3.63) is 67.3 Å². The Morgan fingerprint density at radius 3 is 2.64 bits per heavy atom. The Bertz CT molecular complexity index is 1060. The number of pyridine rings is 1. The van der Waals surface area contributed by atoms with Crippen LogP contribution in [-0.4, -0.2) is 34.0 Å². The molecule has 0 spiro atoms. The van der Waals surface area contributed by atoms with Gasteiger partial charge in [-0.2, -0.15) is 5.10 Å². The molecule has 0 fully saturated rings. The SMILES string of the molecule is C[Si](C)(C)CCOCn1ccc2c(-c3cnn(-c4ccccc4)c3)ccnc21. The lowest BCUT2D eigenvalue weighted by Crippen LogP contribution is -2.22. The summed E-state index contributed by atoms with van der Waals surface area (Å²) in [6.07, 6.45) is 7.88. The summed E-state index contributed by atoms with van der Waals surface area (Å²) in [5, 5.41) is 5.64. The van der Waals surface area contributed by atoms with Crippen molar-refractivity contribution in [2.75, 3.05) is 6.61 Å². The predicted molar refractivity (Wildman–Crippen MR) is 116 cm³/mol. The molecule has 0 aliphatic rings. The maximum atomic E-state index is 5.91. The van der Waals surface area contributed by atoms with E-state index >= 15 is 0 Å². The van der Waals surface area contributed by atoms with Gasteiger partial charge in [0.25, 0.3) is 0 Å². The third-order valence-corrected chi connectivity index (χ3v) is 6.51. The number of nitrogens with zero attached hydrogens (tertiary/aromatic N) is 4. The molecule has 1 aromatic carbocycles. The second-order valence-electron chi connectivity index (χ2n) is 8.24. The summed E-state index contributed by atoms with van der Waals surface area (Å²) >= 11 is 0. The molecule has 28 heavy (non-hydrogen) atoms. The van der Waals surface area contributed by atoms with Crippen LogP contribution < -0.4 is 0 Å². The summed E-state index contributed by atoms with van der Waals surface area (Å²) in [4.78, 5) is 4.58. The molecule has 4 rings (SSSR count). The van der Waals surface area contributed by atoms with Crippen LogP contribution in [0.2, 0.25) is 25.7 Å². The molecule has 0 amide bonds. The highest BCUT2D eigenvalue weighted by molar-refractivity contribution is 6.76. The number of hydrogen-bond donors (Lipinski definition) is 0. The van der Waals surface area contributed by atoms with Crippen LogP contribution in [0.25, 0.3) is 27.8 Å². The second-order valence-corrected chi connectivity index (χ2v) is 13.9. The van der Waals surface area contributed by atoms with Gasteiger partial charge in [0.15, 0.2) is 0 Å². The van der Waals surface area contributed by atoms with E-state index in [1.54, 1.807) is 0 Å². The average Bonchev–Trinajstić information content (AvgIpc) is 3.33. The quantitative estimate of drug-likeness (QED) is 0.322. The monoisotopic (exact) mass is 390 g/mol. The number of fused-ring (bicyclic) bond motifs is 1. The van der Waals surface area contributed by atoms with E-state index in [-0.39, 0.29) is 0 Å². The molecule has 0 bridgehead atoms. The van der Waals surface area contributed by atoms with Crippen molar-refractivity contribution >= 4 is 19.1 Å². The lowest BCUT2D eigenvalue weighted by atomic mass is 10.1. The van der Waals surface area contributed by atoms with Crippen LogP contribution in [0.4, 0.5) is 0 Å². The minimum atomic E-state index is -1.07. The predicted octanol–water partition coefficient (Wildman–Crippen LogP) is 5.20. The molecule has 144 valence electrons. The first-order valence-electron chi connectivity index (χ1n) is 9.63. The van der Waals surface area contributed by atoms with Crippen LogP contribution in [0.3, 0.4) is 0 Å². The van der Waals surface area contributed by atoms with E-state index in [1.807, 2.05) is 53.5 Å². The Labute approximate surface area is 166 Å². The number of para-hydroxylation sites is 1. The van der Waals surface area contributed by atoms with Crippen molar-refractivity contribution in [1.29, 1.82) is 0 Å². The molecule has 0 aliphatic carbocycles. The van der Waals surface area contributed by atoms with Gasteiger partial charge in [-0.05, 0) is 35.9 Å². The molecule has 0 radical (unpaired) electrons. The summed E-state index contributed by atoms with van der Waals surface area (Å²) in [6.45, 7) is 8.44. The van der Waals surface area contributed by atoms with Gasteiger partial charge in [0.05, 0.1) is 11.9 Å². The molecule has 0 saturated heterocycles. The molecular weight excluding hydrogens is 364 g/mol. The zero-order valence-electron chi connectivity index (χ0n) is 16.7. The first-order chi connectivity index (χ1) is 13.5. The summed E-state index contributed by atoms with van der Waals surface area (Å²) in [7, 11) is -1.07. The van der Waals surface area contributed by atoms with Gasteiger partial charge in [-0.25, -0.2) is 9.67 Å². The van der Waals surface area contributed by atoms with Gasteiger partial charge < -0.3 is 9.30 Å². The van der Waals surface area contributed by atoms with E-state index in [9.17, 15) is 0 Å². The number of ether oxygens (including phenoxy) is 1. The summed E-state index contributed by atoms with van der Waals surface area (Å²) < 4.78 is 9.89. The van der Waals surface area contributed by atoms with E-state index in [0.29, 0.717) is 6.73 Å². The molecule has 0 aliphatic heterocycles.